The predicted molar refractivity (Wildman–Crippen MR) is 150 cm³/mol. The average Bonchev–Trinajstić information content (AvgIpc) is 2.88. The first-order valence-electron chi connectivity index (χ1n) is 12.7. The molecule has 0 aliphatic carbocycles. The van der Waals surface area contributed by atoms with Gasteiger partial charge in [-0.25, -0.2) is 0 Å². The first-order valence-corrected chi connectivity index (χ1v) is 13.0. The summed E-state index contributed by atoms with van der Waals surface area (Å²) < 4.78 is 6.51. The maximum atomic E-state index is 13.9. The Hall–Kier alpha value is -3.12. The number of halogens is 2. The van der Waals surface area contributed by atoms with E-state index in [-0.39, 0.29) is 29.7 Å². The molecule has 3 aromatic carbocycles. The summed E-state index contributed by atoms with van der Waals surface area (Å²) in [6, 6.07) is 21.9. The van der Waals surface area contributed by atoms with Crippen LogP contribution in [-0.4, -0.2) is 23.9 Å². The van der Waals surface area contributed by atoms with Crippen LogP contribution in [0.15, 0.2) is 82.0 Å². The maximum Gasteiger partial charge on any atom is 0.254 e. The zero-order valence-electron chi connectivity index (χ0n) is 21.9. The van der Waals surface area contributed by atoms with Gasteiger partial charge in [0.2, 0.25) is 0 Å². The molecule has 1 atom stereocenters. The fourth-order valence-electron chi connectivity index (χ4n) is 4.72. The van der Waals surface area contributed by atoms with Crippen LogP contribution >= 0.6 is 11.6 Å². The number of hydrogen-bond donors (Lipinski definition) is 1. The van der Waals surface area contributed by atoms with Crippen LogP contribution in [0.5, 0.6) is 0 Å². The molecule has 200 valence electrons. The summed E-state index contributed by atoms with van der Waals surface area (Å²) in [4.78, 5) is 29.6. The van der Waals surface area contributed by atoms with E-state index in [2.05, 4.69) is 0 Å². The van der Waals surface area contributed by atoms with E-state index >= 15 is 0 Å². The van der Waals surface area contributed by atoms with Crippen molar-refractivity contribution in [3.05, 3.63) is 116 Å². The van der Waals surface area contributed by atoms with E-state index in [0.29, 0.717) is 58.8 Å². The summed E-state index contributed by atoms with van der Waals surface area (Å²) in [5.74, 6) is 0.337. The van der Waals surface area contributed by atoms with Crippen LogP contribution in [0, 0.1) is 12.8 Å². The quantitative estimate of drug-likeness (QED) is 0.345. The normalized spacial score (nSPS) is 11.8. The maximum absolute atomic E-state index is 13.9. The van der Waals surface area contributed by atoms with Gasteiger partial charge in [-0.2, -0.15) is 0 Å². The SMILES string of the molecule is Cc1ccc(C(=O)N(CCCN)C(c2oc3cc(Cl)ccc3c(=O)c2Cc2ccccc2)C(C)C)cc1.[Cl-]. The molecule has 38 heavy (non-hydrogen) atoms. The average molecular weight is 553 g/mol. The molecule has 4 aromatic rings. The minimum atomic E-state index is -0.477. The van der Waals surface area contributed by atoms with Gasteiger partial charge in [0.1, 0.15) is 11.3 Å². The summed E-state index contributed by atoms with van der Waals surface area (Å²) in [6.07, 6.45) is 1.02. The summed E-state index contributed by atoms with van der Waals surface area (Å²) >= 11 is 6.27. The van der Waals surface area contributed by atoms with Crippen molar-refractivity contribution in [2.24, 2.45) is 11.7 Å². The molecule has 0 saturated carbocycles. The van der Waals surface area contributed by atoms with Crippen LogP contribution in [0.3, 0.4) is 0 Å². The Bertz CT molecular complexity index is 1430. The third kappa shape index (κ3) is 6.47. The van der Waals surface area contributed by atoms with Crippen molar-refractivity contribution in [1.82, 2.24) is 4.90 Å². The summed E-state index contributed by atoms with van der Waals surface area (Å²) in [5, 5.41) is 0.953. The Kier molecular flexibility index (Phi) is 10.1. The van der Waals surface area contributed by atoms with E-state index in [0.717, 1.165) is 11.1 Å². The number of carbonyl (C=O) groups excluding carboxylic acids is 1. The van der Waals surface area contributed by atoms with Crippen molar-refractivity contribution >= 4 is 28.5 Å². The molecule has 0 saturated heterocycles. The van der Waals surface area contributed by atoms with Crippen LogP contribution in [-0.2, 0) is 6.42 Å². The van der Waals surface area contributed by atoms with Crippen molar-refractivity contribution < 1.29 is 21.6 Å². The minimum absolute atomic E-state index is 0. The third-order valence-electron chi connectivity index (χ3n) is 6.60. The van der Waals surface area contributed by atoms with Gasteiger partial charge in [0.15, 0.2) is 5.43 Å². The number of amides is 1. The highest BCUT2D eigenvalue weighted by molar-refractivity contribution is 6.31. The number of carbonyl (C=O) groups is 1. The van der Waals surface area contributed by atoms with Crippen molar-refractivity contribution in [2.75, 3.05) is 13.1 Å². The highest BCUT2D eigenvalue weighted by Gasteiger charge is 2.33. The van der Waals surface area contributed by atoms with Gasteiger partial charge in [-0.05, 0) is 55.6 Å². The first kappa shape index (κ1) is 29.4. The Labute approximate surface area is 235 Å². The molecule has 5 nitrogen and oxygen atoms in total. The highest BCUT2D eigenvalue weighted by Crippen LogP contribution is 2.35. The second kappa shape index (κ2) is 13.1. The van der Waals surface area contributed by atoms with E-state index in [4.69, 9.17) is 21.8 Å². The summed E-state index contributed by atoms with van der Waals surface area (Å²) in [6.45, 7) is 6.95. The molecule has 4 rings (SSSR count). The number of fused-ring (bicyclic) bond motifs is 1. The molecule has 0 fully saturated rings. The van der Waals surface area contributed by atoms with Gasteiger partial charge in [-0.15, -0.1) is 0 Å². The van der Waals surface area contributed by atoms with Gasteiger partial charge in [-0.1, -0.05) is 73.5 Å². The predicted octanol–water partition coefficient (Wildman–Crippen LogP) is 3.54. The fourth-order valence-corrected chi connectivity index (χ4v) is 4.89. The number of nitrogens with zero attached hydrogens (tertiary/aromatic N) is 1. The summed E-state index contributed by atoms with van der Waals surface area (Å²) in [7, 11) is 0. The zero-order valence-corrected chi connectivity index (χ0v) is 23.4. The van der Waals surface area contributed by atoms with Gasteiger partial charge in [0, 0.05) is 35.2 Å². The Morgan fingerprint density at radius 3 is 2.34 bits per heavy atom. The van der Waals surface area contributed by atoms with Crippen molar-refractivity contribution in [3.8, 4) is 0 Å². The van der Waals surface area contributed by atoms with Crippen molar-refractivity contribution in [1.29, 1.82) is 0 Å². The van der Waals surface area contributed by atoms with Gasteiger partial charge in [0.25, 0.3) is 5.91 Å². The lowest BCUT2D eigenvalue weighted by Crippen LogP contribution is -3.00. The second-order valence-corrected chi connectivity index (χ2v) is 10.2. The molecular formula is C31H33Cl2N2O3-. The lowest BCUT2D eigenvalue weighted by molar-refractivity contribution is -0.0000184. The largest absolute Gasteiger partial charge is 1.00 e. The number of nitrogens with two attached hydrogens (primary N) is 1. The van der Waals surface area contributed by atoms with Crippen LogP contribution in [0.4, 0.5) is 0 Å². The molecule has 0 aliphatic heterocycles. The lowest BCUT2D eigenvalue weighted by Gasteiger charge is -2.35. The molecule has 0 spiro atoms. The third-order valence-corrected chi connectivity index (χ3v) is 6.84. The van der Waals surface area contributed by atoms with E-state index in [1.807, 2.05) is 80.3 Å². The van der Waals surface area contributed by atoms with Crippen LogP contribution in [0.25, 0.3) is 11.0 Å². The van der Waals surface area contributed by atoms with Crippen LogP contribution in [0.2, 0.25) is 5.02 Å². The highest BCUT2D eigenvalue weighted by atomic mass is 35.5. The molecule has 0 bridgehead atoms. The van der Waals surface area contributed by atoms with Crippen LogP contribution in [0.1, 0.15) is 59.1 Å². The molecule has 1 unspecified atom stereocenters. The second-order valence-electron chi connectivity index (χ2n) is 9.77. The molecule has 0 aliphatic rings. The molecule has 2 N–H and O–H groups in total. The Balaban J connectivity index is 0.00000400. The molecule has 0 radical (unpaired) electrons. The monoisotopic (exact) mass is 551 g/mol. The van der Waals surface area contributed by atoms with Crippen LogP contribution < -0.4 is 23.6 Å². The molecule has 1 heterocycles. The molecule has 7 heteroatoms. The number of rotatable bonds is 9. The van der Waals surface area contributed by atoms with Crippen molar-refractivity contribution in [2.45, 2.75) is 39.7 Å². The van der Waals surface area contributed by atoms with Gasteiger partial charge in [-0.3, -0.25) is 9.59 Å². The Morgan fingerprint density at radius 2 is 1.71 bits per heavy atom. The lowest BCUT2D eigenvalue weighted by atomic mass is 9.91. The van der Waals surface area contributed by atoms with Gasteiger partial charge < -0.3 is 27.5 Å². The van der Waals surface area contributed by atoms with Crippen molar-refractivity contribution in [3.63, 3.8) is 0 Å². The molecular weight excluding hydrogens is 519 g/mol. The van der Waals surface area contributed by atoms with E-state index in [1.54, 1.807) is 18.2 Å². The van der Waals surface area contributed by atoms with Gasteiger partial charge >= 0.3 is 0 Å². The van der Waals surface area contributed by atoms with Gasteiger partial charge in [0.05, 0.1) is 11.4 Å². The smallest absolute Gasteiger partial charge is 0.254 e. The number of benzene rings is 3. The van der Waals surface area contributed by atoms with E-state index < -0.39 is 6.04 Å². The topological polar surface area (TPSA) is 76.5 Å². The van der Waals surface area contributed by atoms with E-state index in [1.165, 1.54) is 0 Å². The minimum Gasteiger partial charge on any atom is -1.00 e. The Morgan fingerprint density at radius 1 is 1.03 bits per heavy atom. The fraction of sp³-hybridized carbons (Fsp3) is 0.290. The number of aryl methyl sites for hydroxylation is 1. The first-order chi connectivity index (χ1) is 17.8. The standard InChI is InChI=1S/C31H33ClN2O3.ClH/c1-20(2)28(34(17-7-16-33)31(36)23-12-10-21(3)11-13-23)30-26(18-22-8-5-4-6-9-22)29(35)25-15-14-24(32)19-27(25)37-30;/h4-6,8-15,19-20,28H,7,16-18,33H2,1-3H3;1H/p-1. The molecule has 1 aromatic heterocycles. The van der Waals surface area contributed by atoms with E-state index in [9.17, 15) is 9.59 Å². The molecule has 1 amide bonds. The number of hydrogen-bond acceptors (Lipinski definition) is 4. The summed E-state index contributed by atoms with van der Waals surface area (Å²) in [5.41, 5.74) is 9.38. The zero-order chi connectivity index (χ0) is 26.5.